The van der Waals surface area contributed by atoms with E-state index in [1.807, 2.05) is 6.92 Å². The van der Waals surface area contributed by atoms with Crippen LogP contribution in [0.15, 0.2) is 0 Å². The van der Waals surface area contributed by atoms with Gasteiger partial charge in [0.1, 0.15) is 0 Å². The Labute approximate surface area is 77.8 Å². The number of hydrogen-bond donors (Lipinski definition) is 0. The summed E-state index contributed by atoms with van der Waals surface area (Å²) in [5.41, 5.74) is 0. The Kier molecular flexibility index (Phi) is 6.34. The summed E-state index contributed by atoms with van der Waals surface area (Å²) in [6, 6.07) is 0. The van der Waals surface area contributed by atoms with Gasteiger partial charge >= 0.3 is 0 Å². The molecule has 2 nitrogen and oxygen atoms in total. The molecule has 1 rings (SSSR count). The van der Waals surface area contributed by atoms with Crippen LogP contribution in [0, 0.1) is 0 Å². The van der Waals surface area contributed by atoms with Crippen molar-refractivity contribution in [1.29, 1.82) is 0 Å². The lowest BCUT2D eigenvalue weighted by Crippen LogP contribution is -2.23. The normalized spacial score (nSPS) is 20.7. The summed E-state index contributed by atoms with van der Waals surface area (Å²) in [6.45, 7) is 5.54. The molecule has 1 saturated heterocycles. The summed E-state index contributed by atoms with van der Waals surface area (Å²) in [5.74, 6) is -0.264. The predicted octanol–water partition coefficient (Wildman–Crippen LogP) is 2.58. The average molecular weight is 201 g/mol. The molecule has 1 aliphatic rings. The summed E-state index contributed by atoms with van der Waals surface area (Å²) in [6.07, 6.45) is 0.938. The monoisotopic (exact) mass is 200 g/mol. The highest BCUT2D eigenvalue weighted by atomic mass is 35.5. The van der Waals surface area contributed by atoms with Gasteiger partial charge in [-0.05, 0) is 13.3 Å². The van der Waals surface area contributed by atoms with Gasteiger partial charge in [0, 0.05) is 0 Å². The third-order valence-electron chi connectivity index (χ3n) is 1.54. The molecule has 0 bridgehead atoms. The number of ether oxygens (including phenoxy) is 2. The second-order valence-electron chi connectivity index (χ2n) is 2.29. The minimum absolute atomic E-state index is 0.194. The van der Waals surface area contributed by atoms with Gasteiger partial charge in [0.25, 0.3) is 0 Å². The average Bonchev–Trinajstić information content (AvgIpc) is 2.39. The minimum Gasteiger partial charge on any atom is -0.348 e. The molecule has 1 aliphatic heterocycles. The van der Waals surface area contributed by atoms with Crippen molar-refractivity contribution in [2.75, 3.05) is 18.6 Å². The van der Waals surface area contributed by atoms with Crippen molar-refractivity contribution in [2.45, 2.75) is 26.1 Å². The van der Waals surface area contributed by atoms with E-state index in [2.05, 4.69) is 6.92 Å². The van der Waals surface area contributed by atoms with E-state index in [1.165, 1.54) is 0 Å². The molecule has 1 heterocycles. The van der Waals surface area contributed by atoms with Crippen molar-refractivity contribution >= 4 is 23.2 Å². The molecule has 0 saturated carbocycles. The third kappa shape index (κ3) is 4.86. The molecule has 0 atom stereocenters. The first kappa shape index (κ1) is 11.5. The fourth-order valence-electron chi connectivity index (χ4n) is 0.761. The topological polar surface area (TPSA) is 18.5 Å². The van der Waals surface area contributed by atoms with Crippen LogP contribution >= 0.6 is 23.2 Å². The summed E-state index contributed by atoms with van der Waals surface area (Å²) in [7, 11) is 0. The summed E-state index contributed by atoms with van der Waals surface area (Å²) in [5, 5.41) is 0.194. The van der Waals surface area contributed by atoms with Crippen LogP contribution in [0.25, 0.3) is 0 Å². The van der Waals surface area contributed by atoms with Crippen LogP contribution in [0.2, 0.25) is 0 Å². The first-order valence-corrected chi connectivity index (χ1v) is 4.65. The van der Waals surface area contributed by atoms with Crippen LogP contribution in [0.5, 0.6) is 0 Å². The van der Waals surface area contributed by atoms with Crippen molar-refractivity contribution in [3.05, 3.63) is 0 Å². The number of halogens is 2. The Morgan fingerprint density at radius 3 is 1.82 bits per heavy atom. The molecule has 4 heteroatoms. The van der Waals surface area contributed by atoms with E-state index in [0.29, 0.717) is 0 Å². The first-order valence-electron chi connectivity index (χ1n) is 3.58. The van der Waals surface area contributed by atoms with Gasteiger partial charge in [-0.3, -0.25) is 0 Å². The molecule has 0 aromatic rings. The van der Waals surface area contributed by atoms with E-state index in [4.69, 9.17) is 32.7 Å². The van der Waals surface area contributed by atoms with Gasteiger partial charge in [-0.25, -0.2) is 0 Å². The summed E-state index contributed by atoms with van der Waals surface area (Å²) >= 11 is 9.53. The molecular weight excluding hydrogens is 187 g/mol. The van der Waals surface area contributed by atoms with Gasteiger partial charge in [-0.1, -0.05) is 6.92 Å². The summed E-state index contributed by atoms with van der Waals surface area (Å²) < 4.78 is 10.5. The van der Waals surface area contributed by atoms with E-state index >= 15 is 0 Å². The van der Waals surface area contributed by atoms with Gasteiger partial charge in [0.2, 0.25) is 0 Å². The largest absolute Gasteiger partial charge is 0.348 e. The van der Waals surface area contributed by atoms with E-state index in [1.54, 1.807) is 0 Å². The van der Waals surface area contributed by atoms with E-state index < -0.39 is 0 Å². The van der Waals surface area contributed by atoms with Gasteiger partial charge in [0.15, 0.2) is 5.79 Å². The molecule has 68 valence electrons. The van der Waals surface area contributed by atoms with Gasteiger partial charge in [-0.2, -0.15) is 0 Å². The fraction of sp³-hybridized carbons (Fsp3) is 1.00. The van der Waals surface area contributed by atoms with Crippen LogP contribution in [-0.2, 0) is 9.47 Å². The lowest BCUT2D eigenvalue weighted by Gasteiger charge is -2.18. The van der Waals surface area contributed by atoms with E-state index in [0.717, 1.165) is 19.6 Å². The van der Waals surface area contributed by atoms with E-state index in [9.17, 15) is 0 Å². The van der Waals surface area contributed by atoms with Crippen molar-refractivity contribution in [1.82, 2.24) is 0 Å². The molecule has 1 fully saturated rings. The van der Waals surface area contributed by atoms with Crippen LogP contribution in [-0.4, -0.2) is 24.3 Å². The Hall–Kier alpha value is 0.500. The van der Waals surface area contributed by atoms with Crippen LogP contribution in [0.1, 0.15) is 20.3 Å². The third-order valence-corrected chi connectivity index (χ3v) is 1.54. The number of rotatable bonds is 1. The highest BCUT2D eigenvalue weighted by Crippen LogP contribution is 2.21. The predicted molar refractivity (Wildman–Crippen MR) is 47.2 cm³/mol. The smallest absolute Gasteiger partial charge is 0.165 e. The molecule has 0 aromatic carbocycles. The Balaban J connectivity index is 0.000000292. The standard InChI is InChI=1S/C6H12O2.CH2Cl2/c1-3-6(2)7-4-5-8-6;2-1-3/h3-5H2,1-2H3;1H2. The van der Waals surface area contributed by atoms with Crippen LogP contribution in [0.4, 0.5) is 0 Å². The maximum atomic E-state index is 5.27. The second kappa shape index (κ2) is 6.06. The molecule has 0 amide bonds. The zero-order valence-electron chi connectivity index (χ0n) is 6.90. The van der Waals surface area contributed by atoms with Crippen LogP contribution < -0.4 is 0 Å². The molecule has 0 aliphatic carbocycles. The molecule has 0 radical (unpaired) electrons. The molecule has 0 N–H and O–H groups in total. The zero-order valence-corrected chi connectivity index (χ0v) is 8.41. The Bertz CT molecular complexity index is 92.4. The van der Waals surface area contributed by atoms with Crippen molar-refractivity contribution in [3.8, 4) is 0 Å². The van der Waals surface area contributed by atoms with Gasteiger partial charge in [-0.15, -0.1) is 23.2 Å². The molecule has 11 heavy (non-hydrogen) atoms. The highest BCUT2D eigenvalue weighted by Gasteiger charge is 2.27. The van der Waals surface area contributed by atoms with Crippen molar-refractivity contribution in [3.63, 3.8) is 0 Å². The first-order chi connectivity index (χ1) is 5.18. The van der Waals surface area contributed by atoms with Crippen molar-refractivity contribution in [2.24, 2.45) is 0 Å². The molecule has 0 aromatic heterocycles. The van der Waals surface area contributed by atoms with Gasteiger partial charge in [0.05, 0.1) is 18.6 Å². The highest BCUT2D eigenvalue weighted by molar-refractivity contribution is 6.40. The van der Waals surface area contributed by atoms with Gasteiger partial charge < -0.3 is 9.47 Å². The SMILES string of the molecule is CCC1(C)OCCO1.ClCCl. The fourth-order valence-corrected chi connectivity index (χ4v) is 0.761. The molecule has 0 unspecified atom stereocenters. The maximum Gasteiger partial charge on any atom is 0.165 e. The number of alkyl halides is 2. The Morgan fingerprint density at radius 1 is 1.27 bits per heavy atom. The summed E-state index contributed by atoms with van der Waals surface area (Å²) in [4.78, 5) is 0. The Morgan fingerprint density at radius 2 is 1.64 bits per heavy atom. The lowest BCUT2D eigenvalue weighted by molar-refractivity contribution is -0.143. The lowest BCUT2D eigenvalue weighted by atomic mass is 10.2. The minimum atomic E-state index is -0.264. The quantitative estimate of drug-likeness (QED) is 0.607. The van der Waals surface area contributed by atoms with Crippen LogP contribution in [0.3, 0.4) is 0 Å². The molecule has 0 spiro atoms. The van der Waals surface area contributed by atoms with Crippen molar-refractivity contribution < 1.29 is 9.47 Å². The number of hydrogen-bond acceptors (Lipinski definition) is 2. The maximum absolute atomic E-state index is 5.27. The molecular formula is C7H14Cl2O2. The second-order valence-corrected chi connectivity index (χ2v) is 3.09. The zero-order chi connectivity index (χ0) is 8.74. The van der Waals surface area contributed by atoms with E-state index in [-0.39, 0.29) is 11.1 Å².